The predicted molar refractivity (Wildman–Crippen MR) is 113 cm³/mol. The van der Waals surface area contributed by atoms with Gasteiger partial charge in [0, 0.05) is 10.9 Å². The molecule has 2 bridgehead atoms. The number of hydrogen-bond donors (Lipinski definition) is 0. The molecule has 2 aromatic carbocycles. The zero-order valence-electron chi connectivity index (χ0n) is 16.4. The van der Waals surface area contributed by atoms with Crippen molar-refractivity contribution in [2.75, 3.05) is 0 Å². The first kappa shape index (κ1) is 19.5. The second kappa shape index (κ2) is 7.65. The van der Waals surface area contributed by atoms with Crippen LogP contribution < -0.4 is 4.74 Å². The van der Waals surface area contributed by atoms with Crippen LogP contribution in [-0.4, -0.2) is 28.7 Å². The summed E-state index contributed by atoms with van der Waals surface area (Å²) in [6.45, 7) is 0. The Balaban J connectivity index is 1.45. The topological polar surface area (TPSA) is 63.7 Å². The highest BCUT2D eigenvalue weighted by Gasteiger charge is 2.62. The van der Waals surface area contributed by atoms with Gasteiger partial charge in [0.2, 0.25) is 11.8 Å². The summed E-state index contributed by atoms with van der Waals surface area (Å²) in [6, 6.07) is 15.4. The minimum Gasteiger partial charge on any atom is -0.425 e. The summed E-state index contributed by atoms with van der Waals surface area (Å²) in [5.74, 6) is -0.514. The number of halogens is 1. The first-order valence-electron chi connectivity index (χ1n) is 10.4. The normalized spacial score (nSPS) is 28.0. The fraction of sp³-hybridized carbons (Fsp3) is 0.375. The Hall–Kier alpha value is -2.47. The molecule has 0 radical (unpaired) electrons. The van der Waals surface area contributed by atoms with Crippen molar-refractivity contribution >= 4 is 33.7 Å². The molecule has 154 valence electrons. The van der Waals surface area contributed by atoms with Gasteiger partial charge in [0.25, 0.3) is 0 Å². The quantitative estimate of drug-likeness (QED) is 0.378. The van der Waals surface area contributed by atoms with Gasteiger partial charge in [-0.3, -0.25) is 14.5 Å². The maximum Gasteiger partial charge on any atom is 0.335 e. The van der Waals surface area contributed by atoms with E-state index >= 15 is 0 Å². The van der Waals surface area contributed by atoms with E-state index in [0.717, 1.165) is 29.3 Å². The molecular weight excluding hydrogens is 446 g/mol. The molecule has 3 aliphatic rings. The largest absolute Gasteiger partial charge is 0.425 e. The van der Waals surface area contributed by atoms with Crippen molar-refractivity contribution < 1.29 is 19.1 Å². The van der Waals surface area contributed by atoms with Crippen LogP contribution in [0, 0.1) is 23.7 Å². The molecule has 0 spiro atoms. The maximum atomic E-state index is 13.3. The number of carbonyl (C=O) groups excluding carboxylic acids is 3. The van der Waals surface area contributed by atoms with E-state index < -0.39 is 12.0 Å². The van der Waals surface area contributed by atoms with Crippen molar-refractivity contribution in [2.45, 2.75) is 31.7 Å². The molecule has 1 heterocycles. The summed E-state index contributed by atoms with van der Waals surface area (Å²) in [6.07, 6.45) is 3.23. The van der Waals surface area contributed by atoms with Crippen LogP contribution >= 0.6 is 15.9 Å². The Kier molecular flexibility index (Phi) is 4.97. The van der Waals surface area contributed by atoms with E-state index in [0.29, 0.717) is 5.75 Å². The Morgan fingerprint density at radius 1 is 0.967 bits per heavy atom. The summed E-state index contributed by atoms with van der Waals surface area (Å²) in [4.78, 5) is 41.1. The third-order valence-corrected chi connectivity index (χ3v) is 7.38. The van der Waals surface area contributed by atoms with Gasteiger partial charge in [-0.25, -0.2) is 4.79 Å². The fourth-order valence-corrected chi connectivity index (χ4v) is 5.81. The Morgan fingerprint density at radius 3 is 2.17 bits per heavy atom. The van der Waals surface area contributed by atoms with Gasteiger partial charge >= 0.3 is 5.97 Å². The molecule has 1 aliphatic heterocycles. The van der Waals surface area contributed by atoms with Gasteiger partial charge in [0.15, 0.2) is 0 Å². The molecule has 5 atom stereocenters. The smallest absolute Gasteiger partial charge is 0.335 e. The molecule has 0 aromatic heterocycles. The van der Waals surface area contributed by atoms with Gasteiger partial charge in [-0.15, -0.1) is 0 Å². The van der Waals surface area contributed by atoms with Crippen LogP contribution in [0.5, 0.6) is 5.75 Å². The summed E-state index contributed by atoms with van der Waals surface area (Å²) < 4.78 is 6.47. The number of fused-ring (bicyclic) bond motifs is 5. The summed E-state index contributed by atoms with van der Waals surface area (Å²) in [7, 11) is 0. The molecule has 2 amide bonds. The zero-order chi connectivity index (χ0) is 20.8. The number of rotatable bonds is 5. The first-order valence-corrected chi connectivity index (χ1v) is 11.2. The van der Waals surface area contributed by atoms with Gasteiger partial charge in [0.1, 0.15) is 11.8 Å². The highest BCUT2D eigenvalue weighted by molar-refractivity contribution is 9.10. The molecule has 2 aliphatic carbocycles. The molecule has 30 heavy (non-hydrogen) atoms. The van der Waals surface area contributed by atoms with Crippen LogP contribution in [0.1, 0.15) is 24.8 Å². The van der Waals surface area contributed by atoms with Crippen LogP contribution in [0.2, 0.25) is 0 Å². The Morgan fingerprint density at radius 2 is 1.57 bits per heavy atom. The number of nitrogens with zero attached hydrogens (tertiary/aromatic N) is 1. The van der Waals surface area contributed by atoms with E-state index in [-0.39, 0.29) is 41.9 Å². The average Bonchev–Trinajstić information content (AvgIpc) is 3.43. The molecule has 0 N–H and O–H groups in total. The SMILES string of the molecule is O=C(Oc1ccc(Br)cc1)[C@H](Cc1ccccc1)N1C(=O)[C@H]2[C@H]3CC[C@@H](C3)[C@@H]2C1=O. The third-order valence-electron chi connectivity index (χ3n) is 6.85. The minimum absolute atomic E-state index is 0.189. The third kappa shape index (κ3) is 3.27. The van der Waals surface area contributed by atoms with Crippen molar-refractivity contribution in [1.29, 1.82) is 0 Å². The number of esters is 1. The highest BCUT2D eigenvalue weighted by atomic mass is 79.9. The van der Waals surface area contributed by atoms with Gasteiger partial charge in [-0.05, 0) is 60.9 Å². The number of hydrogen-bond acceptors (Lipinski definition) is 4. The van der Waals surface area contributed by atoms with Gasteiger partial charge in [-0.1, -0.05) is 46.3 Å². The molecule has 5 nitrogen and oxygen atoms in total. The van der Waals surface area contributed by atoms with E-state index in [1.54, 1.807) is 24.3 Å². The molecule has 3 fully saturated rings. The fourth-order valence-electron chi connectivity index (χ4n) is 5.54. The Labute approximate surface area is 183 Å². The molecule has 6 heteroatoms. The van der Waals surface area contributed by atoms with E-state index in [1.807, 2.05) is 30.3 Å². The van der Waals surface area contributed by atoms with E-state index in [1.165, 1.54) is 4.90 Å². The number of benzene rings is 2. The first-order chi connectivity index (χ1) is 14.5. The molecule has 5 rings (SSSR count). The monoisotopic (exact) mass is 467 g/mol. The van der Waals surface area contributed by atoms with Crippen LogP contribution in [0.3, 0.4) is 0 Å². The number of imide groups is 1. The number of likely N-dealkylation sites (tertiary alicyclic amines) is 1. The minimum atomic E-state index is -0.957. The predicted octanol–water partition coefficient (Wildman–Crippen LogP) is 4.00. The standard InChI is InChI=1S/C24H22BrNO4/c25-17-8-10-18(11-9-17)30-24(29)19(12-14-4-2-1-3-5-14)26-22(27)20-15-6-7-16(13-15)21(20)23(26)28/h1-5,8-11,15-16,19-21H,6-7,12-13H2/t15-,16-,19-,20-,21-/m0/s1. The molecule has 0 unspecified atom stereocenters. The summed E-state index contributed by atoms with van der Waals surface area (Å²) in [5, 5.41) is 0. The van der Waals surface area contributed by atoms with Crippen molar-refractivity contribution in [3.63, 3.8) is 0 Å². The summed E-state index contributed by atoms with van der Waals surface area (Å²) >= 11 is 3.36. The van der Waals surface area contributed by atoms with E-state index in [9.17, 15) is 14.4 Å². The lowest BCUT2D eigenvalue weighted by atomic mass is 9.81. The van der Waals surface area contributed by atoms with Crippen molar-refractivity contribution in [3.8, 4) is 5.75 Å². The summed E-state index contributed by atoms with van der Waals surface area (Å²) in [5.41, 5.74) is 0.885. The van der Waals surface area contributed by atoms with Gasteiger partial charge < -0.3 is 4.74 Å². The van der Waals surface area contributed by atoms with Crippen molar-refractivity contribution in [3.05, 3.63) is 64.6 Å². The molecule has 2 aromatic rings. The van der Waals surface area contributed by atoms with E-state index in [4.69, 9.17) is 4.74 Å². The number of ether oxygens (including phenoxy) is 1. The molecule has 1 saturated heterocycles. The van der Waals surface area contributed by atoms with Gasteiger partial charge in [-0.2, -0.15) is 0 Å². The van der Waals surface area contributed by atoms with Crippen LogP contribution in [0.15, 0.2) is 59.1 Å². The second-order valence-electron chi connectivity index (χ2n) is 8.51. The maximum absolute atomic E-state index is 13.3. The molecule has 2 saturated carbocycles. The average molecular weight is 468 g/mol. The Bertz CT molecular complexity index is 962. The van der Waals surface area contributed by atoms with Crippen LogP contribution in [-0.2, 0) is 20.8 Å². The van der Waals surface area contributed by atoms with Crippen LogP contribution in [0.4, 0.5) is 0 Å². The van der Waals surface area contributed by atoms with E-state index in [2.05, 4.69) is 15.9 Å². The number of amides is 2. The number of carbonyl (C=O) groups is 3. The second-order valence-corrected chi connectivity index (χ2v) is 9.43. The lowest BCUT2D eigenvalue weighted by Crippen LogP contribution is -2.49. The van der Waals surface area contributed by atoms with Crippen molar-refractivity contribution in [1.82, 2.24) is 4.90 Å². The lowest BCUT2D eigenvalue weighted by molar-refractivity contribution is -0.154. The highest BCUT2D eigenvalue weighted by Crippen LogP contribution is 2.56. The lowest BCUT2D eigenvalue weighted by Gasteiger charge is -2.26. The van der Waals surface area contributed by atoms with Crippen molar-refractivity contribution in [2.24, 2.45) is 23.7 Å². The van der Waals surface area contributed by atoms with Gasteiger partial charge in [0.05, 0.1) is 11.8 Å². The van der Waals surface area contributed by atoms with Crippen LogP contribution in [0.25, 0.3) is 0 Å². The zero-order valence-corrected chi connectivity index (χ0v) is 18.0. The molecular formula is C24H22BrNO4.